The third-order valence-corrected chi connectivity index (χ3v) is 1.66. The average Bonchev–Trinajstić information content (AvgIpc) is 2.31. The number of hydrogen-bond donors (Lipinski definition) is 1. The maximum absolute atomic E-state index is 11.7. The molecule has 0 atom stereocenters. The van der Waals surface area contributed by atoms with E-state index in [4.69, 9.17) is 5.11 Å². The second kappa shape index (κ2) is 3.33. The molecule has 0 bridgehead atoms. The highest BCUT2D eigenvalue weighted by Gasteiger charge is 2.31. The zero-order valence-corrected chi connectivity index (χ0v) is 6.78. The van der Waals surface area contributed by atoms with E-state index in [-0.39, 0.29) is 0 Å². The van der Waals surface area contributed by atoms with Crippen molar-refractivity contribution in [2.24, 2.45) is 0 Å². The molecule has 0 aromatic carbocycles. The Balaban J connectivity index is 2.75. The number of carboxylic acid groups (broad SMARTS) is 1. The lowest BCUT2D eigenvalue weighted by atomic mass is 10.5. The predicted octanol–water partition coefficient (Wildman–Crippen LogP) is 2.59. The highest BCUT2D eigenvalue weighted by Crippen LogP contribution is 2.37. The van der Waals surface area contributed by atoms with E-state index in [0.717, 1.165) is 12.1 Å². The summed E-state index contributed by atoms with van der Waals surface area (Å²) < 4.78 is 39.5. The van der Waals surface area contributed by atoms with Crippen LogP contribution in [0.5, 0.6) is 0 Å². The number of carbonyl (C=O) groups is 1. The number of carboxylic acids is 1. The molecule has 0 radical (unpaired) electrons. The number of aromatic carboxylic acids is 1. The van der Waals surface area contributed by atoms with Gasteiger partial charge in [0.2, 0.25) is 5.76 Å². The summed E-state index contributed by atoms with van der Waals surface area (Å²) in [5, 5.41) is 7.83. The minimum absolute atomic E-state index is 0.482. The third-order valence-electron chi connectivity index (χ3n) is 1.01. The minimum atomic E-state index is -4.46. The van der Waals surface area contributed by atoms with Crippen LogP contribution in [0, 0.1) is 0 Å². The monoisotopic (exact) mass is 212 g/mol. The van der Waals surface area contributed by atoms with Crippen LogP contribution in [-0.4, -0.2) is 16.6 Å². The maximum atomic E-state index is 11.7. The third kappa shape index (κ3) is 3.02. The van der Waals surface area contributed by atoms with E-state index >= 15 is 0 Å². The van der Waals surface area contributed by atoms with Crippen molar-refractivity contribution in [2.45, 2.75) is 10.6 Å². The van der Waals surface area contributed by atoms with Gasteiger partial charge in [-0.15, -0.1) is 0 Å². The van der Waals surface area contributed by atoms with Gasteiger partial charge in [0.05, 0.1) is 0 Å². The second-order valence-corrected chi connectivity index (χ2v) is 3.04. The zero-order valence-electron chi connectivity index (χ0n) is 5.96. The van der Waals surface area contributed by atoms with E-state index in [9.17, 15) is 18.0 Å². The molecule has 7 heteroatoms. The Morgan fingerprint density at radius 3 is 2.46 bits per heavy atom. The maximum Gasteiger partial charge on any atom is 0.449 e. The van der Waals surface area contributed by atoms with E-state index < -0.39 is 34.1 Å². The van der Waals surface area contributed by atoms with Crippen LogP contribution >= 0.6 is 11.8 Å². The molecule has 72 valence electrons. The topological polar surface area (TPSA) is 50.4 Å². The minimum Gasteiger partial charge on any atom is -0.475 e. The van der Waals surface area contributed by atoms with Crippen molar-refractivity contribution in [1.82, 2.24) is 0 Å². The average molecular weight is 212 g/mol. The molecule has 0 saturated carbocycles. The van der Waals surface area contributed by atoms with E-state index in [2.05, 4.69) is 4.42 Å². The van der Waals surface area contributed by atoms with E-state index in [1.807, 2.05) is 0 Å². The number of furan rings is 1. The number of hydrogen-bond acceptors (Lipinski definition) is 3. The van der Waals surface area contributed by atoms with Gasteiger partial charge in [-0.2, -0.15) is 13.2 Å². The number of rotatable bonds is 2. The van der Waals surface area contributed by atoms with Crippen LogP contribution in [-0.2, 0) is 0 Å². The van der Waals surface area contributed by atoms with Crippen LogP contribution in [0.1, 0.15) is 10.6 Å². The van der Waals surface area contributed by atoms with Crippen molar-refractivity contribution in [1.29, 1.82) is 0 Å². The van der Waals surface area contributed by atoms with Gasteiger partial charge in [0.1, 0.15) is 0 Å². The predicted molar refractivity (Wildman–Crippen MR) is 37.6 cm³/mol. The molecule has 0 unspecified atom stereocenters. The molecule has 1 rings (SSSR count). The first-order valence-electron chi connectivity index (χ1n) is 2.97. The van der Waals surface area contributed by atoms with Gasteiger partial charge >= 0.3 is 11.5 Å². The Bertz CT molecular complexity index is 317. The van der Waals surface area contributed by atoms with Gasteiger partial charge in [-0.25, -0.2) is 4.79 Å². The molecule has 0 aliphatic heterocycles. The van der Waals surface area contributed by atoms with Gasteiger partial charge in [0.25, 0.3) is 0 Å². The van der Waals surface area contributed by atoms with Crippen molar-refractivity contribution >= 4 is 17.7 Å². The van der Waals surface area contributed by atoms with Crippen LogP contribution in [0.3, 0.4) is 0 Å². The standard InChI is InChI=1S/C6H3F3O3S/c7-6(8,9)13-4-2-1-3(12-4)5(10)11/h1-2H,(H,10,11). The van der Waals surface area contributed by atoms with Gasteiger partial charge in [0, 0.05) is 11.8 Å². The van der Waals surface area contributed by atoms with Gasteiger partial charge in [-0.1, -0.05) is 0 Å². The molecule has 13 heavy (non-hydrogen) atoms. The first kappa shape index (κ1) is 9.97. The molecule has 1 heterocycles. The van der Waals surface area contributed by atoms with Gasteiger partial charge in [-0.3, -0.25) is 0 Å². The summed E-state index contributed by atoms with van der Waals surface area (Å²) in [6.07, 6.45) is 0. The number of alkyl halides is 3. The van der Waals surface area contributed by atoms with Crippen molar-refractivity contribution < 1.29 is 27.5 Å². The summed E-state index contributed by atoms with van der Waals surface area (Å²) in [7, 11) is 0. The molecule has 0 fully saturated rings. The molecule has 0 aliphatic rings. The van der Waals surface area contributed by atoms with Crippen molar-refractivity contribution in [3.05, 3.63) is 17.9 Å². The number of thioether (sulfide) groups is 1. The Labute approximate surface area is 74.5 Å². The smallest absolute Gasteiger partial charge is 0.449 e. The fraction of sp³-hybridized carbons (Fsp3) is 0.167. The zero-order chi connectivity index (χ0) is 10.1. The Hall–Kier alpha value is -1.11. The first-order chi connectivity index (χ1) is 5.88. The molecule has 0 saturated heterocycles. The van der Waals surface area contributed by atoms with Crippen LogP contribution in [0.15, 0.2) is 21.6 Å². The van der Waals surface area contributed by atoms with E-state index in [1.54, 1.807) is 0 Å². The molecular formula is C6H3F3O3S. The quantitative estimate of drug-likeness (QED) is 0.765. The summed E-state index contributed by atoms with van der Waals surface area (Å²) in [5.74, 6) is -1.90. The van der Waals surface area contributed by atoms with Crippen molar-refractivity contribution in [3.8, 4) is 0 Å². The second-order valence-electron chi connectivity index (χ2n) is 1.97. The fourth-order valence-electron chi connectivity index (χ4n) is 0.604. The summed E-state index contributed by atoms with van der Waals surface area (Å²) >= 11 is -0.491. The first-order valence-corrected chi connectivity index (χ1v) is 3.79. The van der Waals surface area contributed by atoms with Crippen LogP contribution < -0.4 is 0 Å². The van der Waals surface area contributed by atoms with Gasteiger partial charge in [-0.05, 0) is 12.1 Å². The summed E-state index contributed by atoms with van der Waals surface area (Å²) in [4.78, 5) is 10.2. The Morgan fingerprint density at radius 2 is 2.08 bits per heavy atom. The summed E-state index contributed by atoms with van der Waals surface area (Å²) in [6, 6.07) is 1.93. The molecule has 1 N–H and O–H groups in total. The largest absolute Gasteiger partial charge is 0.475 e. The number of halogens is 3. The Kier molecular flexibility index (Phi) is 2.55. The molecule has 0 spiro atoms. The molecule has 1 aromatic rings. The van der Waals surface area contributed by atoms with Crippen LogP contribution in [0.4, 0.5) is 13.2 Å². The van der Waals surface area contributed by atoms with Gasteiger partial charge < -0.3 is 9.52 Å². The fourth-order valence-corrected chi connectivity index (χ4v) is 1.10. The highest BCUT2D eigenvalue weighted by molar-refractivity contribution is 8.00. The van der Waals surface area contributed by atoms with Crippen LogP contribution in [0.2, 0.25) is 0 Å². The lowest BCUT2D eigenvalue weighted by molar-refractivity contribution is -0.0335. The normalized spacial score (nSPS) is 11.6. The van der Waals surface area contributed by atoms with E-state index in [1.165, 1.54) is 0 Å². The molecule has 1 aromatic heterocycles. The van der Waals surface area contributed by atoms with Crippen molar-refractivity contribution in [3.63, 3.8) is 0 Å². The molecule has 0 amide bonds. The van der Waals surface area contributed by atoms with E-state index in [0.29, 0.717) is 0 Å². The van der Waals surface area contributed by atoms with Crippen molar-refractivity contribution in [2.75, 3.05) is 0 Å². The lowest BCUT2D eigenvalue weighted by Crippen LogP contribution is -1.98. The van der Waals surface area contributed by atoms with Gasteiger partial charge in [0.15, 0.2) is 5.09 Å². The lowest BCUT2D eigenvalue weighted by Gasteiger charge is -2.00. The Morgan fingerprint density at radius 1 is 1.46 bits per heavy atom. The summed E-state index contributed by atoms with van der Waals surface area (Å²) in [5.41, 5.74) is -4.46. The van der Waals surface area contributed by atoms with Crippen LogP contribution in [0.25, 0.3) is 0 Å². The highest BCUT2D eigenvalue weighted by atomic mass is 32.2. The summed E-state index contributed by atoms with van der Waals surface area (Å²) in [6.45, 7) is 0. The molecule has 3 nitrogen and oxygen atoms in total. The SMILES string of the molecule is O=C(O)c1ccc(SC(F)(F)F)o1. The molecule has 0 aliphatic carbocycles. The molecular weight excluding hydrogens is 209 g/mol.